The number of rotatable bonds is 5. The predicted octanol–water partition coefficient (Wildman–Crippen LogP) is 2.75. The van der Waals surface area contributed by atoms with Gasteiger partial charge in [0.05, 0.1) is 4.34 Å². The Morgan fingerprint density at radius 1 is 1.50 bits per heavy atom. The predicted molar refractivity (Wildman–Crippen MR) is 67.6 cm³/mol. The van der Waals surface area contributed by atoms with Gasteiger partial charge in [-0.1, -0.05) is 23.2 Å². The standard InChI is InChI=1S/C9H9Cl2NO2S2/c1-2-3-4-5-12-16(13,14)7-6-8(10)15-9(7)11/h1,6,12H,3-5H2. The van der Waals surface area contributed by atoms with E-state index < -0.39 is 10.0 Å². The summed E-state index contributed by atoms with van der Waals surface area (Å²) in [4.78, 5) is 0.0184. The first-order valence-electron chi connectivity index (χ1n) is 4.35. The summed E-state index contributed by atoms with van der Waals surface area (Å²) >= 11 is 12.4. The van der Waals surface area contributed by atoms with Crippen LogP contribution in [0.5, 0.6) is 0 Å². The van der Waals surface area contributed by atoms with Crippen molar-refractivity contribution in [2.75, 3.05) is 6.54 Å². The van der Waals surface area contributed by atoms with Crippen LogP contribution in [0, 0.1) is 12.3 Å². The van der Waals surface area contributed by atoms with Crippen molar-refractivity contribution in [3.63, 3.8) is 0 Å². The third kappa shape index (κ3) is 3.65. The molecule has 0 aromatic carbocycles. The van der Waals surface area contributed by atoms with Gasteiger partial charge in [-0.3, -0.25) is 0 Å². The quantitative estimate of drug-likeness (QED) is 0.671. The van der Waals surface area contributed by atoms with Crippen molar-refractivity contribution in [2.24, 2.45) is 0 Å². The van der Waals surface area contributed by atoms with E-state index in [4.69, 9.17) is 29.6 Å². The third-order valence-corrected chi connectivity index (χ3v) is 4.92. The van der Waals surface area contributed by atoms with Crippen LogP contribution in [-0.2, 0) is 10.0 Å². The highest BCUT2D eigenvalue weighted by Crippen LogP contribution is 2.33. The van der Waals surface area contributed by atoms with Crippen LogP contribution in [0.15, 0.2) is 11.0 Å². The molecule has 0 aliphatic heterocycles. The van der Waals surface area contributed by atoms with Gasteiger partial charge < -0.3 is 0 Å². The molecule has 7 heteroatoms. The Morgan fingerprint density at radius 2 is 2.19 bits per heavy atom. The Balaban J connectivity index is 2.72. The zero-order valence-corrected chi connectivity index (χ0v) is 11.3. The van der Waals surface area contributed by atoms with Crippen molar-refractivity contribution in [1.29, 1.82) is 0 Å². The molecule has 0 spiro atoms. The molecular formula is C9H9Cl2NO2S2. The van der Waals surface area contributed by atoms with Crippen LogP contribution in [-0.4, -0.2) is 15.0 Å². The van der Waals surface area contributed by atoms with E-state index in [2.05, 4.69) is 10.6 Å². The zero-order chi connectivity index (χ0) is 12.2. The molecule has 1 rings (SSSR count). The average Bonchev–Trinajstić information content (AvgIpc) is 2.53. The van der Waals surface area contributed by atoms with Crippen molar-refractivity contribution in [2.45, 2.75) is 17.7 Å². The molecule has 3 nitrogen and oxygen atoms in total. The van der Waals surface area contributed by atoms with E-state index in [1.807, 2.05) is 0 Å². The van der Waals surface area contributed by atoms with Crippen molar-refractivity contribution in [3.05, 3.63) is 14.7 Å². The fourth-order valence-corrected chi connectivity index (χ4v) is 4.20. The summed E-state index contributed by atoms with van der Waals surface area (Å²) in [6.07, 6.45) is 6.17. The minimum absolute atomic E-state index is 0.0184. The lowest BCUT2D eigenvalue weighted by molar-refractivity contribution is 0.580. The Kier molecular flexibility index (Phi) is 5.09. The summed E-state index contributed by atoms with van der Waals surface area (Å²) in [7, 11) is -3.58. The number of hydrogen-bond acceptors (Lipinski definition) is 3. The molecule has 0 amide bonds. The normalized spacial score (nSPS) is 11.3. The highest BCUT2D eigenvalue weighted by molar-refractivity contribution is 7.89. The highest BCUT2D eigenvalue weighted by Gasteiger charge is 2.20. The van der Waals surface area contributed by atoms with Crippen molar-refractivity contribution in [3.8, 4) is 12.3 Å². The van der Waals surface area contributed by atoms with Gasteiger partial charge in [0.1, 0.15) is 9.23 Å². The van der Waals surface area contributed by atoms with E-state index in [9.17, 15) is 8.42 Å². The molecule has 0 fully saturated rings. The number of sulfonamides is 1. The van der Waals surface area contributed by atoms with Gasteiger partial charge in [0.2, 0.25) is 10.0 Å². The Morgan fingerprint density at radius 3 is 2.69 bits per heavy atom. The van der Waals surface area contributed by atoms with Gasteiger partial charge in [0.15, 0.2) is 0 Å². The molecule has 0 unspecified atom stereocenters. The summed E-state index contributed by atoms with van der Waals surface area (Å²) in [6, 6.07) is 1.33. The Labute approximate surface area is 109 Å². The number of terminal acetylenes is 1. The van der Waals surface area contributed by atoms with Crippen molar-refractivity contribution in [1.82, 2.24) is 4.72 Å². The molecule has 0 saturated heterocycles. The van der Waals surface area contributed by atoms with Gasteiger partial charge in [0, 0.05) is 13.0 Å². The lowest BCUT2D eigenvalue weighted by Crippen LogP contribution is -2.24. The molecule has 16 heavy (non-hydrogen) atoms. The van der Waals surface area contributed by atoms with Crippen LogP contribution in [0.3, 0.4) is 0 Å². The number of halogens is 2. The van der Waals surface area contributed by atoms with Gasteiger partial charge in [0.25, 0.3) is 0 Å². The highest BCUT2D eigenvalue weighted by atomic mass is 35.5. The fourth-order valence-electron chi connectivity index (χ4n) is 0.983. The largest absolute Gasteiger partial charge is 0.242 e. The maximum absolute atomic E-state index is 11.7. The van der Waals surface area contributed by atoms with Crippen LogP contribution in [0.2, 0.25) is 8.67 Å². The minimum atomic E-state index is -3.58. The number of nitrogens with one attached hydrogen (secondary N) is 1. The maximum Gasteiger partial charge on any atom is 0.242 e. The Hall–Kier alpha value is -0.250. The van der Waals surface area contributed by atoms with Gasteiger partial charge >= 0.3 is 0 Å². The second kappa shape index (κ2) is 5.89. The summed E-state index contributed by atoms with van der Waals surface area (Å²) in [5, 5.41) is 0. The molecule has 1 N–H and O–H groups in total. The molecule has 1 heterocycles. The van der Waals surface area contributed by atoms with Crippen LogP contribution in [0.4, 0.5) is 0 Å². The first-order chi connectivity index (χ1) is 7.47. The van der Waals surface area contributed by atoms with E-state index >= 15 is 0 Å². The topological polar surface area (TPSA) is 46.2 Å². The van der Waals surface area contributed by atoms with Crippen molar-refractivity contribution < 1.29 is 8.42 Å². The van der Waals surface area contributed by atoms with Gasteiger partial charge in [-0.25, -0.2) is 13.1 Å². The van der Waals surface area contributed by atoms with E-state index in [-0.39, 0.29) is 15.8 Å². The second-order valence-electron chi connectivity index (χ2n) is 2.89. The molecule has 88 valence electrons. The van der Waals surface area contributed by atoms with E-state index in [0.29, 0.717) is 17.2 Å². The monoisotopic (exact) mass is 297 g/mol. The molecule has 0 radical (unpaired) electrons. The Bertz CT molecular complexity index is 502. The van der Waals surface area contributed by atoms with E-state index in [1.54, 1.807) is 0 Å². The molecule has 0 aliphatic rings. The lowest BCUT2D eigenvalue weighted by atomic mass is 10.3. The van der Waals surface area contributed by atoms with Crippen LogP contribution >= 0.6 is 34.5 Å². The molecular weight excluding hydrogens is 289 g/mol. The third-order valence-electron chi connectivity index (χ3n) is 1.70. The van der Waals surface area contributed by atoms with Crippen LogP contribution in [0.25, 0.3) is 0 Å². The number of unbranched alkanes of at least 4 members (excludes halogenated alkanes) is 1. The average molecular weight is 298 g/mol. The number of thiophene rings is 1. The fraction of sp³-hybridized carbons (Fsp3) is 0.333. The maximum atomic E-state index is 11.7. The lowest BCUT2D eigenvalue weighted by Gasteiger charge is -2.03. The first kappa shape index (κ1) is 13.8. The van der Waals surface area contributed by atoms with Crippen molar-refractivity contribution >= 4 is 44.6 Å². The summed E-state index contributed by atoms with van der Waals surface area (Å²) in [5.74, 6) is 2.43. The summed E-state index contributed by atoms with van der Waals surface area (Å²) < 4.78 is 26.4. The SMILES string of the molecule is C#CCCCNS(=O)(=O)c1cc(Cl)sc1Cl. The summed E-state index contributed by atoms with van der Waals surface area (Å²) in [5.41, 5.74) is 0. The van der Waals surface area contributed by atoms with Crippen LogP contribution < -0.4 is 4.72 Å². The zero-order valence-electron chi connectivity index (χ0n) is 8.16. The molecule has 0 atom stereocenters. The number of hydrogen-bond donors (Lipinski definition) is 1. The first-order valence-corrected chi connectivity index (χ1v) is 7.41. The molecule has 1 aromatic heterocycles. The smallest absolute Gasteiger partial charge is 0.211 e. The van der Waals surface area contributed by atoms with Gasteiger partial charge in [-0.05, 0) is 12.5 Å². The van der Waals surface area contributed by atoms with E-state index in [1.165, 1.54) is 6.07 Å². The van der Waals surface area contributed by atoms with Crippen LogP contribution in [0.1, 0.15) is 12.8 Å². The summed E-state index contributed by atoms with van der Waals surface area (Å²) in [6.45, 7) is 0.288. The van der Waals surface area contributed by atoms with Gasteiger partial charge in [-0.2, -0.15) is 0 Å². The van der Waals surface area contributed by atoms with E-state index in [0.717, 1.165) is 11.3 Å². The molecule has 1 aromatic rings. The molecule has 0 saturated carbocycles. The molecule has 0 aliphatic carbocycles. The minimum Gasteiger partial charge on any atom is -0.211 e. The molecule has 0 bridgehead atoms. The van der Waals surface area contributed by atoms with Gasteiger partial charge in [-0.15, -0.1) is 23.7 Å². The second-order valence-corrected chi connectivity index (χ2v) is 6.91.